The Bertz CT molecular complexity index is 1010. The molecule has 0 fully saturated rings. The molecule has 0 bridgehead atoms. The Hall–Kier alpha value is -3.22. The number of nitrogen functional groups attached to an aromatic ring is 1. The van der Waals surface area contributed by atoms with Gasteiger partial charge >= 0.3 is 5.69 Å². The smallest absolute Gasteiger partial charge is 0.333 e. The summed E-state index contributed by atoms with van der Waals surface area (Å²) in [6, 6.07) is 12.3. The summed E-state index contributed by atoms with van der Waals surface area (Å²) < 4.78 is 28.3. The van der Waals surface area contributed by atoms with Gasteiger partial charge in [0.05, 0.1) is 13.1 Å². The van der Waals surface area contributed by atoms with E-state index < -0.39 is 17.1 Å². The highest BCUT2D eigenvalue weighted by molar-refractivity contribution is 5.29. The quantitative estimate of drug-likeness (QED) is 0.787. The van der Waals surface area contributed by atoms with E-state index in [0.717, 1.165) is 10.6 Å². The third kappa shape index (κ3) is 3.65. The lowest BCUT2D eigenvalue weighted by Crippen LogP contribution is -2.41. The minimum Gasteiger partial charge on any atom is -0.385 e. The van der Waals surface area contributed by atoms with E-state index >= 15 is 0 Å². The average Bonchev–Trinajstić information content (AvgIpc) is 2.59. The van der Waals surface area contributed by atoms with E-state index in [2.05, 4.69) is 0 Å². The molecule has 0 aliphatic carbocycles. The molecule has 3 rings (SSSR count). The molecule has 0 saturated heterocycles. The molecule has 2 aromatic carbocycles. The molecule has 0 saturated carbocycles. The van der Waals surface area contributed by atoms with Gasteiger partial charge in [-0.3, -0.25) is 13.9 Å². The first-order chi connectivity index (χ1) is 11.9. The molecular weight excluding hydrogens is 328 g/mol. The van der Waals surface area contributed by atoms with Gasteiger partial charge in [0.2, 0.25) is 0 Å². The van der Waals surface area contributed by atoms with Crippen LogP contribution in [0.5, 0.6) is 0 Å². The SMILES string of the molecule is Nc1cc(=O)n(Cc2ccc(F)cc2)c(=O)n1Cc1ccc(F)cc1. The first-order valence-electron chi connectivity index (χ1n) is 7.53. The van der Waals surface area contributed by atoms with Crippen LogP contribution in [0.2, 0.25) is 0 Å². The summed E-state index contributed by atoms with van der Waals surface area (Å²) in [6.07, 6.45) is 0. The summed E-state index contributed by atoms with van der Waals surface area (Å²) in [5.41, 5.74) is 5.96. The summed E-state index contributed by atoms with van der Waals surface area (Å²) in [7, 11) is 0. The first kappa shape index (κ1) is 16.6. The average molecular weight is 343 g/mol. The van der Waals surface area contributed by atoms with Gasteiger partial charge in [-0.15, -0.1) is 0 Å². The number of hydrogen-bond acceptors (Lipinski definition) is 3. The molecule has 7 heteroatoms. The second kappa shape index (κ2) is 6.72. The number of rotatable bonds is 4. The molecular formula is C18H15F2N3O2. The molecule has 0 atom stereocenters. The van der Waals surface area contributed by atoms with Crippen molar-refractivity contribution in [3.05, 3.63) is 98.2 Å². The van der Waals surface area contributed by atoms with E-state index in [9.17, 15) is 18.4 Å². The molecule has 128 valence electrons. The Morgan fingerprint density at radius 1 is 0.760 bits per heavy atom. The monoisotopic (exact) mass is 343 g/mol. The number of anilines is 1. The van der Waals surface area contributed by atoms with E-state index in [1.54, 1.807) is 0 Å². The largest absolute Gasteiger partial charge is 0.385 e. The van der Waals surface area contributed by atoms with E-state index in [1.807, 2.05) is 0 Å². The van der Waals surface area contributed by atoms with Gasteiger partial charge in [-0.2, -0.15) is 0 Å². The third-order valence-corrected chi connectivity index (χ3v) is 3.82. The lowest BCUT2D eigenvalue weighted by Gasteiger charge is -2.13. The van der Waals surface area contributed by atoms with Gasteiger partial charge in [0, 0.05) is 6.07 Å². The standard InChI is InChI=1S/C18H15F2N3O2/c19-14-5-1-12(2-6-14)10-22-16(21)9-17(24)23(18(22)25)11-13-3-7-15(20)8-4-13/h1-9H,10-11,21H2. The van der Waals surface area contributed by atoms with Crippen LogP contribution < -0.4 is 17.0 Å². The molecule has 2 N–H and O–H groups in total. The van der Waals surface area contributed by atoms with Gasteiger partial charge in [0.25, 0.3) is 5.56 Å². The summed E-state index contributed by atoms with van der Waals surface area (Å²) in [5.74, 6) is -0.762. The highest BCUT2D eigenvalue weighted by Gasteiger charge is 2.11. The van der Waals surface area contributed by atoms with Crippen molar-refractivity contribution in [3.8, 4) is 0 Å². The number of benzene rings is 2. The fourth-order valence-corrected chi connectivity index (χ4v) is 2.48. The van der Waals surface area contributed by atoms with Crippen LogP contribution in [0.4, 0.5) is 14.6 Å². The zero-order valence-corrected chi connectivity index (χ0v) is 13.2. The molecule has 0 aliphatic rings. The Labute approximate surface area is 141 Å². The molecule has 0 radical (unpaired) electrons. The van der Waals surface area contributed by atoms with Crippen LogP contribution in [0, 0.1) is 11.6 Å². The van der Waals surface area contributed by atoms with Crippen molar-refractivity contribution in [3.63, 3.8) is 0 Å². The van der Waals surface area contributed by atoms with Crippen molar-refractivity contribution in [1.29, 1.82) is 0 Å². The molecule has 0 aliphatic heterocycles. The maximum absolute atomic E-state index is 13.0. The summed E-state index contributed by atoms with van der Waals surface area (Å²) in [5, 5.41) is 0. The van der Waals surface area contributed by atoms with Crippen molar-refractivity contribution >= 4 is 5.82 Å². The fraction of sp³-hybridized carbons (Fsp3) is 0.111. The van der Waals surface area contributed by atoms with Crippen molar-refractivity contribution < 1.29 is 8.78 Å². The van der Waals surface area contributed by atoms with Crippen molar-refractivity contribution in [2.75, 3.05) is 5.73 Å². The van der Waals surface area contributed by atoms with Crippen LogP contribution in [0.15, 0.2) is 64.2 Å². The third-order valence-electron chi connectivity index (χ3n) is 3.82. The summed E-state index contributed by atoms with van der Waals surface area (Å²) in [6.45, 7) is 0.107. The predicted octanol–water partition coefficient (Wildman–Crippen LogP) is 1.97. The van der Waals surface area contributed by atoms with Gasteiger partial charge in [0.15, 0.2) is 0 Å². The number of hydrogen-bond donors (Lipinski definition) is 1. The van der Waals surface area contributed by atoms with Crippen molar-refractivity contribution in [2.45, 2.75) is 13.1 Å². The zero-order valence-electron chi connectivity index (χ0n) is 13.2. The van der Waals surface area contributed by atoms with Crippen LogP contribution >= 0.6 is 0 Å². The fourth-order valence-electron chi connectivity index (χ4n) is 2.48. The second-order valence-electron chi connectivity index (χ2n) is 5.62. The van der Waals surface area contributed by atoms with E-state index in [4.69, 9.17) is 5.73 Å². The van der Waals surface area contributed by atoms with Crippen LogP contribution in [0.3, 0.4) is 0 Å². The molecule has 1 heterocycles. The second-order valence-corrected chi connectivity index (χ2v) is 5.62. The maximum Gasteiger partial charge on any atom is 0.333 e. The highest BCUT2D eigenvalue weighted by atomic mass is 19.1. The van der Waals surface area contributed by atoms with E-state index in [-0.39, 0.29) is 24.7 Å². The zero-order chi connectivity index (χ0) is 18.0. The van der Waals surface area contributed by atoms with Gasteiger partial charge in [-0.25, -0.2) is 13.6 Å². The number of nitrogens with zero attached hydrogens (tertiary/aromatic N) is 2. The van der Waals surface area contributed by atoms with Crippen LogP contribution in [0.1, 0.15) is 11.1 Å². The van der Waals surface area contributed by atoms with Crippen molar-refractivity contribution in [2.24, 2.45) is 0 Å². The topological polar surface area (TPSA) is 70.0 Å². The minimum absolute atomic E-state index is 0.00163. The first-order valence-corrected chi connectivity index (χ1v) is 7.53. The van der Waals surface area contributed by atoms with Crippen LogP contribution in [-0.4, -0.2) is 9.13 Å². The van der Waals surface area contributed by atoms with Gasteiger partial charge in [-0.05, 0) is 35.4 Å². The lowest BCUT2D eigenvalue weighted by molar-refractivity contribution is 0.609. The lowest BCUT2D eigenvalue weighted by atomic mass is 10.2. The number of nitrogens with two attached hydrogens (primary N) is 1. The molecule has 3 aromatic rings. The van der Waals surface area contributed by atoms with Crippen LogP contribution in [-0.2, 0) is 13.1 Å². The Morgan fingerprint density at radius 2 is 1.20 bits per heavy atom. The van der Waals surface area contributed by atoms with Gasteiger partial charge in [-0.1, -0.05) is 24.3 Å². The Morgan fingerprint density at radius 3 is 1.68 bits per heavy atom. The normalized spacial score (nSPS) is 10.8. The Kier molecular flexibility index (Phi) is 4.47. The molecule has 0 spiro atoms. The van der Waals surface area contributed by atoms with Gasteiger partial charge in [0.1, 0.15) is 17.5 Å². The minimum atomic E-state index is -0.585. The van der Waals surface area contributed by atoms with Gasteiger partial charge < -0.3 is 5.73 Å². The summed E-state index contributed by atoms with van der Waals surface area (Å²) >= 11 is 0. The van der Waals surface area contributed by atoms with Crippen molar-refractivity contribution in [1.82, 2.24) is 9.13 Å². The highest BCUT2D eigenvalue weighted by Crippen LogP contribution is 2.07. The van der Waals surface area contributed by atoms with Crippen LogP contribution in [0.25, 0.3) is 0 Å². The molecule has 0 amide bonds. The molecule has 25 heavy (non-hydrogen) atoms. The number of halogens is 2. The number of aromatic nitrogens is 2. The Balaban J connectivity index is 1.99. The molecule has 1 aromatic heterocycles. The predicted molar refractivity (Wildman–Crippen MR) is 90.4 cm³/mol. The maximum atomic E-state index is 13.0. The summed E-state index contributed by atoms with van der Waals surface area (Å²) in [4.78, 5) is 24.8. The molecule has 5 nitrogen and oxygen atoms in total. The molecule has 0 unspecified atom stereocenters. The van der Waals surface area contributed by atoms with E-state index in [0.29, 0.717) is 11.1 Å². The van der Waals surface area contributed by atoms with E-state index in [1.165, 1.54) is 53.1 Å².